The molecule has 1 aromatic carbocycles. The molecule has 1 atom stereocenters. The minimum atomic E-state index is -0.672. The minimum absolute atomic E-state index is 0.148. The molecule has 1 amide bonds. The summed E-state index contributed by atoms with van der Waals surface area (Å²) in [5.41, 5.74) is -0.177. The van der Waals surface area contributed by atoms with Crippen molar-refractivity contribution in [1.29, 1.82) is 5.26 Å². The molecule has 0 spiro atoms. The van der Waals surface area contributed by atoms with Crippen LogP contribution < -0.4 is 10.1 Å². The Labute approximate surface area is 99.0 Å². The van der Waals surface area contributed by atoms with E-state index in [1.165, 1.54) is 25.3 Å². The van der Waals surface area contributed by atoms with E-state index in [1.54, 1.807) is 6.92 Å². The van der Waals surface area contributed by atoms with Crippen LogP contribution in [-0.2, 0) is 0 Å². The van der Waals surface area contributed by atoms with Crippen molar-refractivity contribution in [3.05, 3.63) is 29.6 Å². The van der Waals surface area contributed by atoms with Crippen LogP contribution >= 0.6 is 0 Å². The van der Waals surface area contributed by atoms with Crippen LogP contribution in [-0.4, -0.2) is 19.1 Å². The highest BCUT2D eigenvalue weighted by Crippen LogP contribution is 2.21. The molecule has 0 aliphatic carbocycles. The van der Waals surface area contributed by atoms with E-state index in [2.05, 4.69) is 5.32 Å². The molecule has 0 bridgehead atoms. The van der Waals surface area contributed by atoms with E-state index in [0.717, 1.165) is 0 Å². The summed E-state index contributed by atoms with van der Waals surface area (Å²) >= 11 is 0. The Morgan fingerprint density at radius 3 is 2.88 bits per heavy atom. The average molecular weight is 236 g/mol. The van der Waals surface area contributed by atoms with Crippen molar-refractivity contribution in [3.63, 3.8) is 0 Å². The summed E-state index contributed by atoms with van der Waals surface area (Å²) in [5, 5.41) is 11.2. The van der Waals surface area contributed by atoms with E-state index in [4.69, 9.17) is 10.00 Å². The smallest absolute Gasteiger partial charge is 0.259 e. The van der Waals surface area contributed by atoms with E-state index in [9.17, 15) is 9.18 Å². The van der Waals surface area contributed by atoms with Crippen molar-refractivity contribution in [3.8, 4) is 11.8 Å². The standard InChI is InChI=1S/C12H13FN2O2/c1-3-8(7-14)15-12(16)11-9(13)5-4-6-10(11)17-2/h4-6,8H,3H2,1-2H3,(H,15,16). The number of hydrogen-bond donors (Lipinski definition) is 1. The number of nitrogens with zero attached hydrogens (tertiary/aromatic N) is 1. The minimum Gasteiger partial charge on any atom is -0.496 e. The molecule has 0 radical (unpaired) electrons. The van der Waals surface area contributed by atoms with E-state index >= 15 is 0 Å². The van der Waals surface area contributed by atoms with Gasteiger partial charge in [-0.2, -0.15) is 5.26 Å². The number of methoxy groups -OCH3 is 1. The van der Waals surface area contributed by atoms with Crippen molar-refractivity contribution >= 4 is 5.91 Å². The molecular weight excluding hydrogens is 223 g/mol. The zero-order valence-electron chi connectivity index (χ0n) is 9.66. The first kappa shape index (κ1) is 13.0. The quantitative estimate of drug-likeness (QED) is 0.868. The Bertz CT molecular complexity index is 454. The van der Waals surface area contributed by atoms with Gasteiger partial charge in [0.2, 0.25) is 0 Å². The monoisotopic (exact) mass is 236 g/mol. The van der Waals surface area contributed by atoms with Crippen LogP contribution in [0.4, 0.5) is 4.39 Å². The van der Waals surface area contributed by atoms with E-state index in [0.29, 0.717) is 6.42 Å². The lowest BCUT2D eigenvalue weighted by Gasteiger charge is -2.12. The van der Waals surface area contributed by atoms with Gasteiger partial charge >= 0.3 is 0 Å². The molecule has 0 saturated heterocycles. The summed E-state index contributed by atoms with van der Waals surface area (Å²) in [6, 6.07) is 5.40. The zero-order valence-corrected chi connectivity index (χ0v) is 9.66. The highest BCUT2D eigenvalue weighted by Gasteiger charge is 2.19. The molecule has 0 aliphatic rings. The van der Waals surface area contributed by atoms with E-state index in [-0.39, 0.29) is 11.3 Å². The summed E-state index contributed by atoms with van der Waals surface area (Å²) in [6.45, 7) is 1.76. The van der Waals surface area contributed by atoms with E-state index < -0.39 is 17.8 Å². The lowest BCUT2D eigenvalue weighted by molar-refractivity contribution is 0.0937. The van der Waals surface area contributed by atoms with Gasteiger partial charge in [0, 0.05) is 0 Å². The number of carbonyl (C=O) groups excluding carboxylic acids is 1. The van der Waals surface area contributed by atoms with Crippen LogP contribution in [0.25, 0.3) is 0 Å². The summed E-state index contributed by atoms with van der Waals surface area (Å²) in [6.07, 6.45) is 0.457. The molecule has 0 fully saturated rings. The summed E-state index contributed by atoms with van der Waals surface area (Å²) < 4.78 is 18.4. The van der Waals surface area contributed by atoms with Gasteiger partial charge in [-0.15, -0.1) is 0 Å². The van der Waals surface area contributed by atoms with Gasteiger partial charge in [-0.1, -0.05) is 13.0 Å². The molecule has 90 valence electrons. The van der Waals surface area contributed by atoms with Crippen molar-refractivity contribution in [2.24, 2.45) is 0 Å². The van der Waals surface area contributed by atoms with Crippen LogP contribution in [0, 0.1) is 17.1 Å². The molecule has 0 heterocycles. The second-order valence-corrected chi connectivity index (χ2v) is 3.38. The van der Waals surface area contributed by atoms with Gasteiger partial charge in [-0.05, 0) is 18.6 Å². The Morgan fingerprint density at radius 1 is 1.65 bits per heavy atom. The Kier molecular flexibility index (Phi) is 4.46. The average Bonchev–Trinajstić information content (AvgIpc) is 2.35. The maximum absolute atomic E-state index is 13.5. The van der Waals surface area contributed by atoms with Crippen molar-refractivity contribution in [1.82, 2.24) is 5.32 Å². The van der Waals surface area contributed by atoms with Crippen LogP contribution in [0.3, 0.4) is 0 Å². The van der Waals surface area contributed by atoms with Gasteiger partial charge in [0.15, 0.2) is 0 Å². The molecular formula is C12H13FN2O2. The summed E-state index contributed by atoms with van der Waals surface area (Å²) in [7, 11) is 1.35. The van der Waals surface area contributed by atoms with Crippen molar-refractivity contribution in [2.45, 2.75) is 19.4 Å². The number of nitriles is 1. The molecule has 0 aromatic heterocycles. The maximum atomic E-state index is 13.5. The van der Waals surface area contributed by atoms with Gasteiger partial charge in [0.1, 0.15) is 23.2 Å². The lowest BCUT2D eigenvalue weighted by Crippen LogP contribution is -2.34. The Morgan fingerprint density at radius 2 is 2.35 bits per heavy atom. The van der Waals surface area contributed by atoms with Gasteiger partial charge in [-0.25, -0.2) is 4.39 Å². The molecule has 1 aromatic rings. The summed E-state index contributed by atoms with van der Waals surface area (Å²) in [5.74, 6) is -1.17. The van der Waals surface area contributed by atoms with Crippen LogP contribution in [0.5, 0.6) is 5.75 Å². The van der Waals surface area contributed by atoms with Gasteiger partial charge in [0.05, 0.1) is 13.2 Å². The summed E-state index contributed by atoms with van der Waals surface area (Å²) in [4.78, 5) is 11.8. The third kappa shape index (κ3) is 2.94. The predicted octanol–water partition coefficient (Wildman–Crippen LogP) is 1.87. The van der Waals surface area contributed by atoms with Crippen LogP contribution in [0.15, 0.2) is 18.2 Å². The molecule has 17 heavy (non-hydrogen) atoms. The molecule has 1 N–H and O–H groups in total. The molecule has 5 heteroatoms. The number of nitrogens with one attached hydrogen (secondary N) is 1. The fourth-order valence-corrected chi connectivity index (χ4v) is 1.35. The highest BCUT2D eigenvalue weighted by molar-refractivity contribution is 5.97. The van der Waals surface area contributed by atoms with Gasteiger partial charge in [0.25, 0.3) is 5.91 Å². The Balaban J connectivity index is 3.00. The number of ether oxygens (including phenoxy) is 1. The Hall–Kier alpha value is -2.09. The molecule has 0 aliphatic heterocycles. The second-order valence-electron chi connectivity index (χ2n) is 3.38. The number of halogens is 1. The second kappa shape index (κ2) is 5.85. The number of hydrogen-bond acceptors (Lipinski definition) is 3. The van der Waals surface area contributed by atoms with Crippen molar-refractivity contribution < 1.29 is 13.9 Å². The SMILES string of the molecule is CCC(C#N)NC(=O)c1c(F)cccc1OC. The van der Waals surface area contributed by atoms with Gasteiger partial charge < -0.3 is 10.1 Å². The zero-order chi connectivity index (χ0) is 12.8. The highest BCUT2D eigenvalue weighted by atomic mass is 19.1. The topological polar surface area (TPSA) is 62.1 Å². The van der Waals surface area contributed by atoms with E-state index in [1.807, 2.05) is 6.07 Å². The van der Waals surface area contributed by atoms with Gasteiger partial charge in [-0.3, -0.25) is 4.79 Å². The molecule has 1 unspecified atom stereocenters. The number of rotatable bonds is 4. The molecule has 4 nitrogen and oxygen atoms in total. The third-order valence-electron chi connectivity index (χ3n) is 2.29. The fraction of sp³-hybridized carbons (Fsp3) is 0.333. The number of carbonyl (C=O) groups is 1. The van der Waals surface area contributed by atoms with Crippen LogP contribution in [0.1, 0.15) is 23.7 Å². The number of benzene rings is 1. The van der Waals surface area contributed by atoms with Crippen molar-refractivity contribution in [2.75, 3.05) is 7.11 Å². The fourth-order valence-electron chi connectivity index (χ4n) is 1.35. The first-order valence-electron chi connectivity index (χ1n) is 5.17. The first-order valence-corrected chi connectivity index (χ1v) is 5.17. The lowest BCUT2D eigenvalue weighted by atomic mass is 10.1. The first-order chi connectivity index (χ1) is 8.13. The molecule has 1 rings (SSSR count). The predicted molar refractivity (Wildman–Crippen MR) is 60.1 cm³/mol. The largest absolute Gasteiger partial charge is 0.496 e. The normalized spacial score (nSPS) is 11.4. The molecule has 0 saturated carbocycles. The maximum Gasteiger partial charge on any atom is 0.259 e. The van der Waals surface area contributed by atoms with Crippen LogP contribution in [0.2, 0.25) is 0 Å². The number of amides is 1. The third-order valence-corrected chi connectivity index (χ3v) is 2.29.